The summed E-state index contributed by atoms with van der Waals surface area (Å²) in [6.45, 7) is 0.576. The Morgan fingerprint density at radius 3 is 2.85 bits per heavy atom. The lowest BCUT2D eigenvalue weighted by atomic mass is 10.2. The van der Waals surface area contributed by atoms with E-state index in [0.29, 0.717) is 17.3 Å². The Morgan fingerprint density at radius 2 is 2.15 bits per heavy atom. The Bertz CT molecular complexity index is 750. The SMILES string of the molecule is CN(Cc1ccccc1)c1nc2sccn2c1[N+](=O)[O-]. The van der Waals surface area contributed by atoms with Gasteiger partial charge >= 0.3 is 5.82 Å². The van der Waals surface area contributed by atoms with Crippen molar-refractivity contribution in [1.29, 1.82) is 0 Å². The molecule has 0 atom stereocenters. The molecule has 0 aliphatic heterocycles. The normalized spacial score (nSPS) is 10.8. The van der Waals surface area contributed by atoms with Crippen molar-refractivity contribution in [3.63, 3.8) is 0 Å². The number of thiazole rings is 1. The highest BCUT2D eigenvalue weighted by atomic mass is 32.1. The summed E-state index contributed by atoms with van der Waals surface area (Å²) in [6, 6.07) is 9.81. The van der Waals surface area contributed by atoms with Gasteiger partial charge in [0.25, 0.3) is 4.96 Å². The average molecular weight is 288 g/mol. The van der Waals surface area contributed by atoms with Crippen LogP contribution >= 0.6 is 11.3 Å². The molecule has 102 valence electrons. The number of aromatic nitrogens is 2. The van der Waals surface area contributed by atoms with Crippen LogP contribution in [-0.4, -0.2) is 21.4 Å². The molecule has 0 saturated heterocycles. The first-order valence-electron chi connectivity index (χ1n) is 6.02. The third-order valence-electron chi connectivity index (χ3n) is 3.02. The first kappa shape index (κ1) is 12.6. The standard InChI is InChI=1S/C13H12N4O2S/c1-15(9-10-5-3-2-4-6-10)11-12(17(18)19)16-7-8-20-13(16)14-11/h2-8H,9H2,1H3. The predicted molar refractivity (Wildman–Crippen MR) is 78.3 cm³/mol. The fourth-order valence-electron chi connectivity index (χ4n) is 2.12. The van der Waals surface area contributed by atoms with Crippen LogP contribution in [0, 0.1) is 10.1 Å². The third kappa shape index (κ3) is 2.12. The number of benzene rings is 1. The van der Waals surface area contributed by atoms with Gasteiger partial charge in [-0.25, -0.2) is 0 Å². The van der Waals surface area contributed by atoms with Crippen molar-refractivity contribution in [2.75, 3.05) is 11.9 Å². The summed E-state index contributed by atoms with van der Waals surface area (Å²) in [4.78, 5) is 17.7. The number of rotatable bonds is 4. The fraction of sp³-hybridized carbons (Fsp3) is 0.154. The number of hydrogen-bond donors (Lipinski definition) is 0. The second-order valence-corrected chi connectivity index (χ2v) is 5.29. The first-order chi connectivity index (χ1) is 9.66. The Labute approximate surface area is 119 Å². The molecule has 20 heavy (non-hydrogen) atoms. The van der Waals surface area contributed by atoms with Crippen molar-refractivity contribution in [3.8, 4) is 0 Å². The lowest BCUT2D eigenvalue weighted by Crippen LogP contribution is -2.18. The van der Waals surface area contributed by atoms with Crippen LogP contribution in [-0.2, 0) is 6.54 Å². The van der Waals surface area contributed by atoms with E-state index in [1.54, 1.807) is 16.5 Å². The van der Waals surface area contributed by atoms with E-state index >= 15 is 0 Å². The quantitative estimate of drug-likeness (QED) is 0.547. The number of hydrogen-bond acceptors (Lipinski definition) is 5. The molecule has 0 spiro atoms. The van der Waals surface area contributed by atoms with Gasteiger partial charge in [-0.3, -0.25) is 0 Å². The largest absolute Gasteiger partial charge is 0.373 e. The molecule has 0 aliphatic carbocycles. The molecule has 1 aromatic carbocycles. The minimum Gasteiger partial charge on any atom is -0.358 e. The van der Waals surface area contributed by atoms with E-state index in [0.717, 1.165) is 5.56 Å². The molecule has 0 fully saturated rings. The lowest BCUT2D eigenvalue weighted by molar-refractivity contribution is -0.389. The predicted octanol–water partition coefficient (Wildman–Crippen LogP) is 2.94. The second-order valence-electron chi connectivity index (χ2n) is 4.41. The van der Waals surface area contributed by atoms with Crippen LogP contribution in [0.2, 0.25) is 0 Å². The van der Waals surface area contributed by atoms with E-state index in [1.165, 1.54) is 15.7 Å². The third-order valence-corrected chi connectivity index (χ3v) is 3.77. The van der Waals surface area contributed by atoms with E-state index in [1.807, 2.05) is 37.4 Å². The van der Waals surface area contributed by atoms with Crippen LogP contribution < -0.4 is 4.90 Å². The van der Waals surface area contributed by atoms with E-state index in [9.17, 15) is 10.1 Å². The number of anilines is 1. The van der Waals surface area contributed by atoms with Gasteiger partial charge in [0, 0.05) is 19.0 Å². The first-order valence-corrected chi connectivity index (χ1v) is 6.90. The number of imidazole rings is 1. The van der Waals surface area contributed by atoms with Gasteiger partial charge < -0.3 is 15.0 Å². The maximum Gasteiger partial charge on any atom is 0.373 e. The molecule has 0 N–H and O–H groups in total. The zero-order valence-corrected chi connectivity index (χ0v) is 11.6. The number of nitro groups is 1. The molecular formula is C13H12N4O2S. The van der Waals surface area contributed by atoms with Crippen LogP contribution in [0.25, 0.3) is 4.96 Å². The van der Waals surface area contributed by atoms with Gasteiger partial charge in [-0.05, 0) is 10.5 Å². The van der Waals surface area contributed by atoms with Crippen molar-refractivity contribution in [2.45, 2.75) is 6.54 Å². The number of fused-ring (bicyclic) bond motifs is 1. The summed E-state index contributed by atoms with van der Waals surface area (Å²) in [6.07, 6.45) is 1.67. The maximum absolute atomic E-state index is 11.3. The second kappa shape index (κ2) is 4.93. The Kier molecular flexibility index (Phi) is 3.11. The van der Waals surface area contributed by atoms with E-state index < -0.39 is 0 Å². The lowest BCUT2D eigenvalue weighted by Gasteiger charge is -2.15. The van der Waals surface area contributed by atoms with Gasteiger partial charge in [-0.1, -0.05) is 41.7 Å². The van der Waals surface area contributed by atoms with Crippen LogP contribution in [0.3, 0.4) is 0 Å². The number of nitrogens with zero attached hydrogens (tertiary/aromatic N) is 4. The minimum absolute atomic E-state index is 0.0136. The van der Waals surface area contributed by atoms with Crippen LogP contribution in [0.5, 0.6) is 0 Å². The van der Waals surface area contributed by atoms with Gasteiger partial charge in [0.2, 0.25) is 5.82 Å². The summed E-state index contributed by atoms with van der Waals surface area (Å²) < 4.78 is 1.52. The molecule has 0 unspecified atom stereocenters. The van der Waals surface area contributed by atoms with Gasteiger partial charge in [0.1, 0.15) is 6.20 Å². The Morgan fingerprint density at radius 1 is 1.40 bits per heavy atom. The van der Waals surface area contributed by atoms with E-state index in [4.69, 9.17) is 0 Å². The van der Waals surface area contributed by atoms with Crippen molar-refractivity contribution < 1.29 is 4.92 Å². The van der Waals surface area contributed by atoms with Crippen molar-refractivity contribution in [3.05, 3.63) is 57.6 Å². The van der Waals surface area contributed by atoms with Gasteiger partial charge in [-0.2, -0.15) is 9.38 Å². The molecule has 3 rings (SSSR count). The monoisotopic (exact) mass is 288 g/mol. The van der Waals surface area contributed by atoms with E-state index in [2.05, 4.69) is 4.98 Å². The molecule has 0 bridgehead atoms. The average Bonchev–Trinajstić information content (AvgIpc) is 2.98. The summed E-state index contributed by atoms with van der Waals surface area (Å²) >= 11 is 1.38. The highest BCUT2D eigenvalue weighted by Gasteiger charge is 2.26. The highest BCUT2D eigenvalue weighted by Crippen LogP contribution is 2.30. The maximum atomic E-state index is 11.3. The van der Waals surface area contributed by atoms with Crippen molar-refractivity contribution in [2.24, 2.45) is 0 Å². The molecule has 0 amide bonds. The molecule has 0 radical (unpaired) electrons. The molecule has 2 heterocycles. The molecular weight excluding hydrogens is 276 g/mol. The summed E-state index contributed by atoms with van der Waals surface area (Å²) in [5.74, 6) is 0.408. The van der Waals surface area contributed by atoms with Crippen molar-refractivity contribution in [1.82, 2.24) is 9.38 Å². The summed E-state index contributed by atoms with van der Waals surface area (Å²) in [7, 11) is 1.81. The van der Waals surface area contributed by atoms with E-state index in [-0.39, 0.29) is 10.7 Å². The van der Waals surface area contributed by atoms with Crippen LogP contribution in [0.15, 0.2) is 41.9 Å². The van der Waals surface area contributed by atoms with Crippen LogP contribution in [0.1, 0.15) is 5.56 Å². The highest BCUT2D eigenvalue weighted by molar-refractivity contribution is 7.15. The molecule has 0 aliphatic rings. The Hall–Kier alpha value is -2.41. The molecule has 0 saturated carbocycles. The Balaban J connectivity index is 1.98. The van der Waals surface area contributed by atoms with Crippen molar-refractivity contribution >= 4 is 27.9 Å². The summed E-state index contributed by atoms with van der Waals surface area (Å²) in [5.41, 5.74) is 1.08. The summed E-state index contributed by atoms with van der Waals surface area (Å²) in [5, 5.41) is 13.1. The topological polar surface area (TPSA) is 63.7 Å². The fourth-order valence-corrected chi connectivity index (χ4v) is 2.82. The molecule has 2 aromatic heterocycles. The molecule has 7 heteroatoms. The van der Waals surface area contributed by atoms with Gasteiger partial charge in [0.15, 0.2) is 0 Å². The molecule has 6 nitrogen and oxygen atoms in total. The van der Waals surface area contributed by atoms with Gasteiger partial charge in [0.05, 0.1) is 0 Å². The zero-order valence-electron chi connectivity index (χ0n) is 10.8. The van der Waals surface area contributed by atoms with Crippen LogP contribution in [0.4, 0.5) is 11.6 Å². The van der Waals surface area contributed by atoms with Gasteiger partial charge in [-0.15, -0.1) is 0 Å². The molecule has 3 aromatic rings. The smallest absolute Gasteiger partial charge is 0.358 e. The zero-order chi connectivity index (χ0) is 14.1. The minimum atomic E-state index is -0.385.